The van der Waals surface area contributed by atoms with Gasteiger partial charge in [-0.25, -0.2) is 4.99 Å². The highest BCUT2D eigenvalue weighted by Crippen LogP contribution is 2.38. The van der Waals surface area contributed by atoms with E-state index in [1.165, 1.54) is 51.3 Å². The molecule has 44 heavy (non-hydrogen) atoms. The minimum absolute atomic E-state index is 0.309. The zero-order valence-corrected chi connectivity index (χ0v) is 26.3. The molecule has 0 aliphatic carbocycles. The third-order valence-electron chi connectivity index (χ3n) is 6.62. The van der Waals surface area contributed by atoms with Crippen LogP contribution in [0.5, 0.6) is 0 Å². The van der Waals surface area contributed by atoms with Crippen molar-refractivity contribution < 1.29 is 47.3 Å². The Balaban J connectivity index is 2.00. The van der Waals surface area contributed by atoms with E-state index >= 15 is 0 Å². The predicted octanol–water partition coefficient (Wildman–Crippen LogP) is 5.36. The fourth-order valence-electron chi connectivity index (χ4n) is 4.67. The van der Waals surface area contributed by atoms with Crippen molar-refractivity contribution in [2.75, 3.05) is 6.61 Å². The summed E-state index contributed by atoms with van der Waals surface area (Å²) in [6.45, 7) is 11.9. The molecule has 0 spiro atoms. The first kappa shape index (κ1) is 34.3. The lowest BCUT2D eigenvalue weighted by molar-refractivity contribution is -0.254. The highest BCUT2D eigenvalue weighted by Gasteiger charge is 2.52. The topological polar surface area (TPSA) is 127 Å². The van der Waals surface area contributed by atoms with E-state index in [9.17, 15) is 23.6 Å². The van der Waals surface area contributed by atoms with Gasteiger partial charge in [-0.2, -0.15) is 4.39 Å². The molecule has 0 amide bonds. The quantitative estimate of drug-likeness (QED) is 0.140. The number of carbonyl (C=O) groups excluding carboxylic acids is 4. The molecule has 1 fully saturated rings. The summed E-state index contributed by atoms with van der Waals surface area (Å²) >= 11 is 1.49. The van der Waals surface area contributed by atoms with Gasteiger partial charge in [-0.15, -0.1) is 11.3 Å². The summed E-state index contributed by atoms with van der Waals surface area (Å²) in [4.78, 5) is 53.6. The lowest BCUT2D eigenvalue weighted by Gasteiger charge is -2.44. The molecule has 2 heterocycles. The molecule has 2 aromatic rings. The van der Waals surface area contributed by atoms with E-state index in [-0.39, 0.29) is 6.61 Å². The van der Waals surface area contributed by atoms with Crippen molar-refractivity contribution in [1.82, 2.24) is 0 Å². The van der Waals surface area contributed by atoms with Crippen LogP contribution in [0.15, 0.2) is 53.9 Å². The predicted molar refractivity (Wildman–Crippen MR) is 162 cm³/mol. The van der Waals surface area contributed by atoms with E-state index in [0.29, 0.717) is 17.6 Å². The molecule has 5 atom stereocenters. The second kappa shape index (κ2) is 15.5. The molecule has 0 saturated carbocycles. The van der Waals surface area contributed by atoms with E-state index in [1.807, 2.05) is 31.2 Å². The van der Waals surface area contributed by atoms with Crippen molar-refractivity contribution in [3.8, 4) is 0 Å². The van der Waals surface area contributed by atoms with Crippen molar-refractivity contribution in [1.29, 1.82) is 0 Å². The molecule has 3 rings (SSSR count). The Hall–Kier alpha value is -4.16. The minimum atomic E-state index is -1.26. The Bertz CT molecular complexity index is 1460. The molecule has 1 aliphatic rings. The van der Waals surface area contributed by atoms with Gasteiger partial charge in [0.05, 0.1) is 0 Å². The smallest absolute Gasteiger partial charge is 0.303 e. The number of thiophene rings is 1. The highest BCUT2D eigenvalue weighted by molar-refractivity contribution is 7.13. The maximum Gasteiger partial charge on any atom is 0.303 e. The van der Waals surface area contributed by atoms with Crippen LogP contribution < -0.4 is 0 Å². The molecule has 1 aromatic carbocycles. The standard InChI is InChI=1S/C32H36FNO9S/c1-8-28(33)34-15-18(3)27-12-11-25(44-27)14-24-13-23(10-9-17(24)2)29-31(41-21(6)37)32(42-22(7)38)30(40-20(5)36)26(43-29)16-39-19(4)35/h8-13,15,26,29-32H,3,14,16H2,1-2,4-7H3/b28-8-,34-15-/t26?,29?,30-,31+,32?/m1/s1. The largest absolute Gasteiger partial charge is 0.463 e. The fraction of sp³-hybridized carbons (Fsp3) is 0.406. The van der Waals surface area contributed by atoms with Gasteiger partial charge in [-0.1, -0.05) is 24.8 Å². The molecule has 10 nitrogen and oxygen atoms in total. The average molecular weight is 630 g/mol. The molecular formula is C32H36FNO9S. The summed E-state index contributed by atoms with van der Waals surface area (Å²) in [5.74, 6) is -3.26. The zero-order valence-electron chi connectivity index (χ0n) is 25.5. The molecule has 3 unspecified atom stereocenters. The van der Waals surface area contributed by atoms with Crippen LogP contribution >= 0.6 is 11.3 Å². The molecule has 0 bridgehead atoms. The number of aryl methyl sites for hydroxylation is 1. The summed E-state index contributed by atoms with van der Waals surface area (Å²) < 4.78 is 41.6. The van der Waals surface area contributed by atoms with E-state index < -0.39 is 60.3 Å². The molecule has 1 aliphatic heterocycles. The minimum Gasteiger partial charge on any atom is -0.463 e. The van der Waals surface area contributed by atoms with E-state index in [1.54, 1.807) is 13.0 Å². The third-order valence-corrected chi connectivity index (χ3v) is 7.78. The number of hydrogen-bond acceptors (Lipinski definition) is 11. The first-order valence-electron chi connectivity index (χ1n) is 13.8. The monoisotopic (exact) mass is 629 g/mol. The average Bonchev–Trinajstić information content (AvgIpc) is 3.41. The summed E-state index contributed by atoms with van der Waals surface area (Å²) in [7, 11) is 0. The van der Waals surface area contributed by atoms with Crippen molar-refractivity contribution in [2.45, 2.75) is 78.5 Å². The highest BCUT2D eigenvalue weighted by atomic mass is 32.1. The lowest BCUT2D eigenvalue weighted by atomic mass is 9.88. The lowest BCUT2D eigenvalue weighted by Crippen LogP contribution is -2.59. The Kier molecular flexibility index (Phi) is 12.1. The first-order chi connectivity index (χ1) is 20.8. The van der Waals surface area contributed by atoms with Gasteiger partial charge in [-0.05, 0) is 48.7 Å². The number of benzene rings is 1. The van der Waals surface area contributed by atoms with Crippen LogP contribution in [0.2, 0.25) is 0 Å². The van der Waals surface area contributed by atoms with Crippen LogP contribution in [0.4, 0.5) is 4.39 Å². The van der Waals surface area contributed by atoms with Crippen molar-refractivity contribution in [3.05, 3.63) is 75.4 Å². The summed E-state index contributed by atoms with van der Waals surface area (Å²) in [6, 6.07) is 9.42. The normalized spacial score (nSPS) is 21.9. The molecule has 12 heteroatoms. The van der Waals surface area contributed by atoms with Gasteiger partial charge in [0, 0.05) is 55.7 Å². The maximum absolute atomic E-state index is 13.4. The van der Waals surface area contributed by atoms with Crippen molar-refractivity contribution >= 4 is 47.0 Å². The van der Waals surface area contributed by atoms with Gasteiger partial charge in [0.15, 0.2) is 18.3 Å². The Labute approximate surface area is 259 Å². The molecule has 0 N–H and O–H groups in total. The molecule has 1 aromatic heterocycles. The SMILES string of the molecule is C=C(/C=N\C(F)=C/C)c1ccc(Cc2cc(C3OC(COC(C)=O)[C@@H](OC(C)=O)C(OC(C)=O)[C@H]3OC(C)=O)ccc2C)s1. The first-order valence-corrected chi connectivity index (χ1v) is 14.6. The molecule has 1 saturated heterocycles. The number of nitrogens with zero attached hydrogens (tertiary/aromatic N) is 1. The Morgan fingerprint density at radius 3 is 2.20 bits per heavy atom. The summed E-state index contributed by atoms with van der Waals surface area (Å²) in [5.41, 5.74) is 3.08. The van der Waals surface area contributed by atoms with Gasteiger partial charge in [0.25, 0.3) is 0 Å². The van der Waals surface area contributed by atoms with Gasteiger partial charge in [0.1, 0.15) is 18.8 Å². The van der Waals surface area contributed by atoms with Crippen LogP contribution in [-0.4, -0.2) is 61.1 Å². The van der Waals surface area contributed by atoms with Crippen LogP contribution in [-0.2, 0) is 49.3 Å². The Morgan fingerprint density at radius 2 is 1.59 bits per heavy atom. The Morgan fingerprint density at radius 1 is 0.955 bits per heavy atom. The second-order valence-electron chi connectivity index (χ2n) is 10.1. The van der Waals surface area contributed by atoms with Crippen LogP contribution in [0.3, 0.4) is 0 Å². The molecule has 236 valence electrons. The number of hydrogen-bond donors (Lipinski definition) is 0. The number of esters is 4. The number of carbonyl (C=O) groups is 4. The number of aliphatic imine (C=N–C) groups is 1. The zero-order chi connectivity index (χ0) is 32.6. The van der Waals surface area contributed by atoms with E-state index in [0.717, 1.165) is 20.9 Å². The van der Waals surface area contributed by atoms with Crippen LogP contribution in [0, 0.1) is 6.92 Å². The molecule has 0 radical (unpaired) electrons. The van der Waals surface area contributed by atoms with Gasteiger partial charge >= 0.3 is 23.9 Å². The van der Waals surface area contributed by atoms with Gasteiger partial charge in [0.2, 0.25) is 5.95 Å². The summed E-state index contributed by atoms with van der Waals surface area (Å²) in [6.07, 6.45) is -2.55. The number of allylic oxidation sites excluding steroid dienone is 2. The van der Waals surface area contributed by atoms with Crippen LogP contribution in [0.25, 0.3) is 5.57 Å². The van der Waals surface area contributed by atoms with Crippen LogP contribution in [0.1, 0.15) is 67.2 Å². The number of rotatable bonds is 11. The third kappa shape index (κ3) is 9.42. The maximum atomic E-state index is 13.4. The second-order valence-corrected chi connectivity index (χ2v) is 11.3. The van der Waals surface area contributed by atoms with E-state index in [2.05, 4.69) is 11.6 Å². The van der Waals surface area contributed by atoms with Gasteiger partial charge in [-0.3, -0.25) is 19.2 Å². The fourth-order valence-corrected chi connectivity index (χ4v) is 5.63. The summed E-state index contributed by atoms with van der Waals surface area (Å²) in [5, 5.41) is 0. The van der Waals surface area contributed by atoms with Crippen molar-refractivity contribution in [2.24, 2.45) is 4.99 Å². The number of ether oxygens (including phenoxy) is 5. The molecular weight excluding hydrogens is 593 g/mol. The van der Waals surface area contributed by atoms with E-state index in [4.69, 9.17) is 23.7 Å². The van der Waals surface area contributed by atoms with Gasteiger partial charge < -0.3 is 23.7 Å². The number of halogens is 1. The van der Waals surface area contributed by atoms with Crippen molar-refractivity contribution in [3.63, 3.8) is 0 Å².